The molecule has 1 amide bonds. The number of rotatable bonds is 3. The Kier molecular flexibility index (Phi) is 3.14. The molecule has 2 aromatic rings. The number of anilines is 1. The number of nitrogen functional groups attached to an aromatic ring is 1. The minimum absolute atomic E-state index is 0.0756. The summed E-state index contributed by atoms with van der Waals surface area (Å²) in [5, 5.41) is 6.90. The van der Waals surface area contributed by atoms with Gasteiger partial charge in [-0.15, -0.1) is 0 Å². The van der Waals surface area contributed by atoms with E-state index in [-0.39, 0.29) is 17.9 Å². The average Bonchev–Trinajstić information content (AvgIpc) is 2.74. The molecule has 1 unspecified atom stereocenters. The van der Waals surface area contributed by atoms with Gasteiger partial charge in [0.05, 0.1) is 6.20 Å². The van der Waals surface area contributed by atoms with Crippen molar-refractivity contribution in [3.8, 4) is 0 Å². The van der Waals surface area contributed by atoms with Gasteiger partial charge in [-0.05, 0) is 12.8 Å². The lowest BCUT2D eigenvalue weighted by Crippen LogP contribution is -2.36. The Morgan fingerprint density at radius 2 is 2.11 bits per heavy atom. The summed E-state index contributed by atoms with van der Waals surface area (Å²) in [7, 11) is 0. The van der Waals surface area contributed by atoms with E-state index < -0.39 is 0 Å². The number of hydrogen-bond donors (Lipinski definition) is 2. The zero-order valence-corrected chi connectivity index (χ0v) is 10.6. The van der Waals surface area contributed by atoms with Gasteiger partial charge < -0.3 is 11.1 Å². The fourth-order valence-electron chi connectivity index (χ4n) is 1.44. The van der Waals surface area contributed by atoms with Gasteiger partial charge in [0.15, 0.2) is 5.65 Å². The van der Waals surface area contributed by atoms with Crippen LogP contribution < -0.4 is 11.1 Å². The largest absolute Gasteiger partial charge is 0.368 e. The molecule has 7 nitrogen and oxygen atoms in total. The summed E-state index contributed by atoms with van der Waals surface area (Å²) in [6.45, 7) is 6.04. The van der Waals surface area contributed by atoms with Crippen LogP contribution in [0.4, 0.5) is 5.95 Å². The van der Waals surface area contributed by atoms with Crippen molar-refractivity contribution in [2.45, 2.75) is 26.8 Å². The molecule has 0 saturated carbocycles. The van der Waals surface area contributed by atoms with Gasteiger partial charge in [0.25, 0.3) is 5.91 Å². The standard InChI is InChI=1S/C11H16N6O/c1-6(2)7(3)16-10(18)8-4-15-17-9(8)13-5-14-11(17)12/h4-7H,1-3H3,(H,16,18)(H2,12,13,14). The van der Waals surface area contributed by atoms with Crippen molar-refractivity contribution in [1.29, 1.82) is 0 Å². The smallest absolute Gasteiger partial charge is 0.256 e. The van der Waals surface area contributed by atoms with Crippen molar-refractivity contribution >= 4 is 17.5 Å². The second kappa shape index (κ2) is 4.59. The van der Waals surface area contributed by atoms with Crippen molar-refractivity contribution in [3.63, 3.8) is 0 Å². The summed E-state index contributed by atoms with van der Waals surface area (Å²) in [4.78, 5) is 19.9. The number of carbonyl (C=O) groups is 1. The molecular formula is C11H16N6O. The van der Waals surface area contributed by atoms with Crippen LogP contribution in [-0.4, -0.2) is 31.5 Å². The predicted molar refractivity (Wildman–Crippen MR) is 67.0 cm³/mol. The van der Waals surface area contributed by atoms with Crippen molar-refractivity contribution in [2.24, 2.45) is 5.92 Å². The molecule has 1 atom stereocenters. The minimum Gasteiger partial charge on any atom is -0.368 e. The molecule has 7 heteroatoms. The molecule has 0 bridgehead atoms. The third-order valence-corrected chi connectivity index (χ3v) is 2.93. The lowest BCUT2D eigenvalue weighted by atomic mass is 10.1. The molecule has 0 spiro atoms. The van der Waals surface area contributed by atoms with Gasteiger partial charge in [-0.3, -0.25) is 4.79 Å². The molecule has 0 radical (unpaired) electrons. The predicted octanol–water partition coefficient (Wildman–Crippen LogP) is 0.481. The van der Waals surface area contributed by atoms with E-state index in [0.29, 0.717) is 17.1 Å². The molecule has 3 N–H and O–H groups in total. The second-order valence-corrected chi connectivity index (χ2v) is 4.53. The molecule has 18 heavy (non-hydrogen) atoms. The maximum Gasteiger partial charge on any atom is 0.256 e. The average molecular weight is 248 g/mol. The Balaban J connectivity index is 2.32. The Morgan fingerprint density at radius 1 is 1.39 bits per heavy atom. The van der Waals surface area contributed by atoms with Gasteiger partial charge in [0.1, 0.15) is 11.9 Å². The first-order valence-corrected chi connectivity index (χ1v) is 5.75. The molecule has 0 saturated heterocycles. The van der Waals surface area contributed by atoms with Gasteiger partial charge in [-0.25, -0.2) is 9.97 Å². The molecule has 0 aliphatic heterocycles. The Labute approximate surface area is 104 Å². The Bertz CT molecular complexity index is 576. The molecule has 96 valence electrons. The van der Waals surface area contributed by atoms with Crippen LogP contribution >= 0.6 is 0 Å². The molecule has 2 heterocycles. The quantitative estimate of drug-likeness (QED) is 0.823. The van der Waals surface area contributed by atoms with Crippen LogP contribution in [0.2, 0.25) is 0 Å². The van der Waals surface area contributed by atoms with Crippen LogP contribution in [0.25, 0.3) is 5.65 Å². The molecule has 2 aromatic heterocycles. The van der Waals surface area contributed by atoms with E-state index >= 15 is 0 Å². The maximum atomic E-state index is 12.1. The highest BCUT2D eigenvalue weighted by Gasteiger charge is 2.18. The van der Waals surface area contributed by atoms with E-state index in [0.717, 1.165) is 0 Å². The summed E-state index contributed by atoms with van der Waals surface area (Å²) in [5.41, 5.74) is 6.45. The Hall–Kier alpha value is -2.18. The van der Waals surface area contributed by atoms with E-state index in [1.54, 1.807) is 0 Å². The molecule has 0 aliphatic rings. The van der Waals surface area contributed by atoms with Crippen LogP contribution in [0.3, 0.4) is 0 Å². The number of nitrogens with zero attached hydrogens (tertiary/aromatic N) is 4. The van der Waals surface area contributed by atoms with Crippen LogP contribution in [-0.2, 0) is 0 Å². The number of hydrogen-bond acceptors (Lipinski definition) is 5. The van der Waals surface area contributed by atoms with Crippen molar-refractivity contribution in [3.05, 3.63) is 18.1 Å². The van der Waals surface area contributed by atoms with Crippen LogP contribution in [0.5, 0.6) is 0 Å². The molecule has 0 fully saturated rings. The highest BCUT2D eigenvalue weighted by Crippen LogP contribution is 2.10. The maximum absolute atomic E-state index is 12.1. The molecular weight excluding hydrogens is 232 g/mol. The number of carbonyl (C=O) groups excluding carboxylic acids is 1. The first-order chi connectivity index (χ1) is 8.50. The van der Waals surface area contributed by atoms with E-state index in [9.17, 15) is 4.79 Å². The van der Waals surface area contributed by atoms with Crippen LogP contribution in [0.1, 0.15) is 31.1 Å². The Morgan fingerprint density at radius 3 is 2.78 bits per heavy atom. The fourth-order valence-corrected chi connectivity index (χ4v) is 1.44. The van der Waals surface area contributed by atoms with E-state index in [1.807, 2.05) is 20.8 Å². The summed E-state index contributed by atoms with van der Waals surface area (Å²) in [5.74, 6) is 0.357. The van der Waals surface area contributed by atoms with E-state index in [4.69, 9.17) is 5.73 Å². The van der Waals surface area contributed by atoms with Crippen molar-refractivity contribution in [1.82, 2.24) is 24.9 Å². The number of nitrogens with two attached hydrogens (primary N) is 1. The van der Waals surface area contributed by atoms with E-state index in [2.05, 4.69) is 20.4 Å². The first kappa shape index (κ1) is 12.3. The van der Waals surface area contributed by atoms with E-state index in [1.165, 1.54) is 17.0 Å². The highest BCUT2D eigenvalue weighted by molar-refractivity contribution is 5.99. The third-order valence-electron chi connectivity index (χ3n) is 2.93. The lowest BCUT2D eigenvalue weighted by Gasteiger charge is -2.16. The van der Waals surface area contributed by atoms with Crippen LogP contribution in [0, 0.1) is 5.92 Å². The number of fused-ring (bicyclic) bond motifs is 1. The minimum atomic E-state index is -0.204. The molecule has 2 rings (SSSR count). The zero-order chi connectivity index (χ0) is 13.3. The SMILES string of the molecule is CC(C)C(C)NC(=O)c1cnn2c(N)ncnc12. The first-order valence-electron chi connectivity index (χ1n) is 5.75. The van der Waals surface area contributed by atoms with Crippen LogP contribution in [0.15, 0.2) is 12.5 Å². The van der Waals surface area contributed by atoms with Gasteiger partial charge >= 0.3 is 0 Å². The monoisotopic (exact) mass is 248 g/mol. The summed E-state index contributed by atoms with van der Waals surface area (Å²) in [6, 6.07) is 0.0756. The number of nitrogens with one attached hydrogen (secondary N) is 1. The van der Waals surface area contributed by atoms with Gasteiger partial charge in [-0.2, -0.15) is 9.61 Å². The van der Waals surface area contributed by atoms with Crippen molar-refractivity contribution < 1.29 is 4.79 Å². The third kappa shape index (κ3) is 2.11. The summed E-state index contributed by atoms with van der Waals surface area (Å²) >= 11 is 0. The van der Waals surface area contributed by atoms with Gasteiger partial charge in [-0.1, -0.05) is 13.8 Å². The van der Waals surface area contributed by atoms with Gasteiger partial charge in [0.2, 0.25) is 5.95 Å². The molecule has 0 aliphatic carbocycles. The normalized spacial score (nSPS) is 12.9. The topological polar surface area (TPSA) is 98.2 Å². The molecule has 0 aromatic carbocycles. The summed E-state index contributed by atoms with van der Waals surface area (Å²) in [6.07, 6.45) is 2.76. The van der Waals surface area contributed by atoms with Crippen molar-refractivity contribution in [2.75, 3.05) is 5.73 Å². The fraction of sp³-hybridized carbons (Fsp3) is 0.455. The lowest BCUT2D eigenvalue weighted by molar-refractivity contribution is 0.0932. The zero-order valence-electron chi connectivity index (χ0n) is 10.6. The highest BCUT2D eigenvalue weighted by atomic mass is 16.1. The number of aromatic nitrogens is 4. The number of amides is 1. The van der Waals surface area contributed by atoms with Gasteiger partial charge in [0, 0.05) is 6.04 Å². The second-order valence-electron chi connectivity index (χ2n) is 4.53. The summed E-state index contributed by atoms with van der Waals surface area (Å²) < 4.78 is 1.34.